The highest BCUT2D eigenvalue weighted by Gasteiger charge is 2.15. The third-order valence-corrected chi connectivity index (χ3v) is 4.15. The summed E-state index contributed by atoms with van der Waals surface area (Å²) >= 11 is 0. The first-order valence-electron chi connectivity index (χ1n) is 7.65. The van der Waals surface area contributed by atoms with Crippen LogP contribution in [0.25, 0.3) is 0 Å². The van der Waals surface area contributed by atoms with Crippen molar-refractivity contribution in [2.24, 2.45) is 17.8 Å². The summed E-state index contributed by atoms with van der Waals surface area (Å²) in [6.45, 7) is 11.9. The lowest BCUT2D eigenvalue weighted by Crippen LogP contribution is -2.12. The maximum atomic E-state index is 2.47. The highest BCUT2D eigenvalue weighted by Crippen LogP contribution is 2.28. The van der Waals surface area contributed by atoms with E-state index >= 15 is 0 Å². The standard InChI is InChI=1S/C16H34/c1-6-9-11-15(5)16(8-3)13-12-14(4)10-7-2/h14-16H,6-13H2,1-5H3. The van der Waals surface area contributed by atoms with Gasteiger partial charge in [-0.15, -0.1) is 0 Å². The van der Waals surface area contributed by atoms with Gasteiger partial charge in [0.05, 0.1) is 0 Å². The molecule has 0 amide bonds. The monoisotopic (exact) mass is 226 g/mol. The van der Waals surface area contributed by atoms with Gasteiger partial charge in [0, 0.05) is 0 Å². The number of rotatable bonds is 10. The van der Waals surface area contributed by atoms with Gasteiger partial charge in [0.15, 0.2) is 0 Å². The Kier molecular flexibility index (Phi) is 10.2. The Bertz CT molecular complexity index is 139. The Morgan fingerprint density at radius 2 is 1.44 bits per heavy atom. The van der Waals surface area contributed by atoms with E-state index in [1.54, 1.807) is 0 Å². The molecule has 0 saturated heterocycles. The lowest BCUT2D eigenvalue weighted by atomic mass is 9.82. The molecule has 0 radical (unpaired) electrons. The number of hydrogen-bond acceptors (Lipinski definition) is 0. The topological polar surface area (TPSA) is 0 Å². The summed E-state index contributed by atoms with van der Waals surface area (Å²) in [7, 11) is 0. The molecule has 3 atom stereocenters. The molecule has 0 N–H and O–H groups in total. The molecule has 0 bridgehead atoms. The molecule has 0 aliphatic rings. The number of hydrogen-bond donors (Lipinski definition) is 0. The van der Waals surface area contributed by atoms with Crippen LogP contribution in [0.5, 0.6) is 0 Å². The number of unbranched alkanes of at least 4 members (excludes halogenated alkanes) is 1. The summed E-state index contributed by atoms with van der Waals surface area (Å²) in [5, 5.41) is 0. The maximum absolute atomic E-state index is 2.47. The summed E-state index contributed by atoms with van der Waals surface area (Å²) in [6.07, 6.45) is 11.3. The second-order valence-electron chi connectivity index (χ2n) is 5.76. The minimum atomic E-state index is 0.942. The molecular formula is C16H34. The first kappa shape index (κ1) is 16.0. The zero-order valence-corrected chi connectivity index (χ0v) is 12.4. The lowest BCUT2D eigenvalue weighted by Gasteiger charge is -2.24. The Hall–Kier alpha value is 0. The fourth-order valence-corrected chi connectivity index (χ4v) is 2.79. The second-order valence-corrected chi connectivity index (χ2v) is 5.76. The Morgan fingerprint density at radius 3 is 1.94 bits per heavy atom. The van der Waals surface area contributed by atoms with Crippen LogP contribution in [-0.2, 0) is 0 Å². The highest BCUT2D eigenvalue weighted by molar-refractivity contribution is 4.67. The van der Waals surface area contributed by atoms with Crippen molar-refractivity contribution in [2.45, 2.75) is 86.0 Å². The molecule has 98 valence electrons. The van der Waals surface area contributed by atoms with Crippen LogP contribution in [-0.4, -0.2) is 0 Å². The molecule has 3 unspecified atom stereocenters. The predicted octanol–water partition coefficient (Wildman–Crippen LogP) is 6.06. The molecule has 0 aromatic carbocycles. The van der Waals surface area contributed by atoms with Crippen molar-refractivity contribution < 1.29 is 0 Å². The van der Waals surface area contributed by atoms with Gasteiger partial charge in [-0.2, -0.15) is 0 Å². The van der Waals surface area contributed by atoms with Gasteiger partial charge in [0.2, 0.25) is 0 Å². The summed E-state index contributed by atoms with van der Waals surface area (Å²) < 4.78 is 0. The average Bonchev–Trinajstić information content (AvgIpc) is 2.27. The maximum Gasteiger partial charge on any atom is -0.0391 e. The molecule has 16 heavy (non-hydrogen) atoms. The Balaban J connectivity index is 3.80. The molecule has 0 aromatic heterocycles. The highest BCUT2D eigenvalue weighted by atomic mass is 14.2. The minimum absolute atomic E-state index is 0.942. The van der Waals surface area contributed by atoms with Gasteiger partial charge in [-0.05, 0) is 24.2 Å². The van der Waals surface area contributed by atoms with Crippen LogP contribution in [0, 0.1) is 17.8 Å². The molecule has 0 aliphatic heterocycles. The van der Waals surface area contributed by atoms with Crippen molar-refractivity contribution in [2.75, 3.05) is 0 Å². The quantitative estimate of drug-likeness (QED) is 0.425. The molecule has 0 heteroatoms. The molecule has 0 nitrogen and oxygen atoms in total. The van der Waals surface area contributed by atoms with Gasteiger partial charge < -0.3 is 0 Å². The van der Waals surface area contributed by atoms with Crippen LogP contribution in [0.3, 0.4) is 0 Å². The summed E-state index contributed by atoms with van der Waals surface area (Å²) in [5.74, 6) is 2.86. The van der Waals surface area contributed by atoms with E-state index in [0.29, 0.717) is 0 Å². The van der Waals surface area contributed by atoms with E-state index in [0.717, 1.165) is 17.8 Å². The van der Waals surface area contributed by atoms with E-state index in [1.165, 1.54) is 51.4 Å². The van der Waals surface area contributed by atoms with Gasteiger partial charge in [-0.25, -0.2) is 0 Å². The molecule has 0 spiro atoms. The van der Waals surface area contributed by atoms with E-state index in [1.807, 2.05) is 0 Å². The van der Waals surface area contributed by atoms with Crippen molar-refractivity contribution in [3.8, 4) is 0 Å². The molecule has 0 aliphatic carbocycles. The van der Waals surface area contributed by atoms with E-state index < -0.39 is 0 Å². The van der Waals surface area contributed by atoms with Crippen LogP contribution in [0.15, 0.2) is 0 Å². The van der Waals surface area contributed by atoms with E-state index in [9.17, 15) is 0 Å². The van der Waals surface area contributed by atoms with Gasteiger partial charge in [-0.1, -0.05) is 79.6 Å². The Morgan fingerprint density at radius 1 is 0.750 bits per heavy atom. The third-order valence-electron chi connectivity index (χ3n) is 4.15. The van der Waals surface area contributed by atoms with Crippen LogP contribution < -0.4 is 0 Å². The first-order chi connectivity index (χ1) is 7.65. The summed E-state index contributed by atoms with van der Waals surface area (Å²) in [6, 6.07) is 0. The fourth-order valence-electron chi connectivity index (χ4n) is 2.79. The van der Waals surface area contributed by atoms with Gasteiger partial charge in [0.25, 0.3) is 0 Å². The van der Waals surface area contributed by atoms with Crippen LogP contribution in [0.4, 0.5) is 0 Å². The van der Waals surface area contributed by atoms with E-state index in [2.05, 4.69) is 34.6 Å². The van der Waals surface area contributed by atoms with E-state index in [4.69, 9.17) is 0 Å². The second kappa shape index (κ2) is 10.2. The van der Waals surface area contributed by atoms with Crippen LogP contribution >= 0.6 is 0 Å². The molecule has 0 saturated carbocycles. The van der Waals surface area contributed by atoms with Crippen molar-refractivity contribution in [1.82, 2.24) is 0 Å². The normalized spacial score (nSPS) is 17.1. The first-order valence-corrected chi connectivity index (χ1v) is 7.65. The smallest absolute Gasteiger partial charge is 0.0391 e. The van der Waals surface area contributed by atoms with Crippen molar-refractivity contribution in [3.05, 3.63) is 0 Å². The summed E-state index contributed by atoms with van der Waals surface area (Å²) in [4.78, 5) is 0. The molecular weight excluding hydrogens is 192 g/mol. The van der Waals surface area contributed by atoms with Crippen molar-refractivity contribution in [3.63, 3.8) is 0 Å². The minimum Gasteiger partial charge on any atom is -0.0654 e. The molecule has 0 fully saturated rings. The van der Waals surface area contributed by atoms with Crippen molar-refractivity contribution in [1.29, 1.82) is 0 Å². The van der Waals surface area contributed by atoms with E-state index in [-0.39, 0.29) is 0 Å². The van der Waals surface area contributed by atoms with Gasteiger partial charge >= 0.3 is 0 Å². The summed E-state index contributed by atoms with van der Waals surface area (Å²) in [5.41, 5.74) is 0. The third kappa shape index (κ3) is 7.30. The lowest BCUT2D eigenvalue weighted by molar-refractivity contribution is 0.277. The fraction of sp³-hybridized carbons (Fsp3) is 1.00. The zero-order chi connectivity index (χ0) is 12.4. The molecule has 0 rings (SSSR count). The average molecular weight is 226 g/mol. The van der Waals surface area contributed by atoms with Crippen LogP contribution in [0.1, 0.15) is 86.0 Å². The van der Waals surface area contributed by atoms with Crippen LogP contribution in [0.2, 0.25) is 0 Å². The largest absolute Gasteiger partial charge is 0.0654 e. The van der Waals surface area contributed by atoms with Gasteiger partial charge in [-0.3, -0.25) is 0 Å². The predicted molar refractivity (Wildman–Crippen MR) is 75.8 cm³/mol. The molecule has 0 aromatic rings. The zero-order valence-electron chi connectivity index (χ0n) is 12.4. The van der Waals surface area contributed by atoms with Crippen molar-refractivity contribution >= 4 is 0 Å². The Labute approximate surface area is 104 Å². The SMILES string of the molecule is CCCCC(C)C(CC)CCC(C)CCC. The van der Waals surface area contributed by atoms with Gasteiger partial charge in [0.1, 0.15) is 0 Å². The molecule has 0 heterocycles.